The first-order chi connectivity index (χ1) is 10.5. The summed E-state index contributed by atoms with van der Waals surface area (Å²) in [4.78, 5) is 11.6. The van der Waals surface area contributed by atoms with E-state index in [0.29, 0.717) is 37.2 Å². The number of hydrogen-bond donors (Lipinski definition) is 0. The zero-order chi connectivity index (χ0) is 15.7. The van der Waals surface area contributed by atoms with Gasteiger partial charge in [-0.25, -0.2) is 0 Å². The zero-order valence-electron chi connectivity index (χ0n) is 11.0. The van der Waals surface area contributed by atoms with Gasteiger partial charge in [-0.3, -0.25) is 4.79 Å². The van der Waals surface area contributed by atoms with Crippen LogP contribution >= 0.6 is 47.2 Å². The fraction of sp³-hybridized carbons (Fsp3) is 0.0714. The number of carbonyl (C=O) groups excluding carboxylic acids is 1. The van der Waals surface area contributed by atoms with Crippen molar-refractivity contribution in [3.63, 3.8) is 0 Å². The fourth-order valence-electron chi connectivity index (χ4n) is 1.83. The van der Waals surface area contributed by atoms with E-state index in [0.717, 1.165) is 0 Å². The first-order valence-electron chi connectivity index (χ1n) is 6.13. The van der Waals surface area contributed by atoms with E-state index in [-0.39, 0.29) is 5.91 Å². The lowest BCUT2D eigenvalue weighted by Gasteiger charge is -2.05. The normalized spacial score (nSPS) is 15.3. The Kier molecular flexibility index (Phi) is 4.54. The van der Waals surface area contributed by atoms with E-state index in [1.54, 1.807) is 30.3 Å². The van der Waals surface area contributed by atoms with E-state index in [4.69, 9.17) is 39.8 Å². The van der Waals surface area contributed by atoms with Crippen LogP contribution in [0.4, 0.5) is 0 Å². The highest BCUT2D eigenvalue weighted by molar-refractivity contribution is 8.23. The summed E-state index contributed by atoms with van der Waals surface area (Å²) >= 11 is 18.4. The molecule has 0 atom stereocenters. The van der Waals surface area contributed by atoms with Crippen LogP contribution < -0.4 is 0 Å². The van der Waals surface area contributed by atoms with E-state index in [1.165, 1.54) is 23.0 Å². The molecule has 0 aliphatic carbocycles. The second-order valence-corrected chi connectivity index (χ2v) is 6.78. The molecule has 1 amide bonds. The van der Waals surface area contributed by atoms with Crippen LogP contribution in [0.1, 0.15) is 5.76 Å². The van der Waals surface area contributed by atoms with Gasteiger partial charge in [-0.2, -0.15) is 10.1 Å². The summed E-state index contributed by atoms with van der Waals surface area (Å²) in [5, 5.41) is 6.34. The Morgan fingerprint density at radius 2 is 2.14 bits per heavy atom. The van der Waals surface area contributed by atoms with Crippen LogP contribution in [0.5, 0.6) is 0 Å². The minimum absolute atomic E-state index is 0.143. The van der Waals surface area contributed by atoms with Gasteiger partial charge in [0.15, 0.2) is 4.32 Å². The third-order valence-corrected chi connectivity index (χ3v) is 4.75. The quantitative estimate of drug-likeness (QED) is 0.591. The molecule has 112 valence electrons. The lowest BCUT2D eigenvalue weighted by molar-refractivity contribution is -0.123. The number of rotatable bonds is 3. The molecule has 1 aromatic carbocycles. The van der Waals surface area contributed by atoms with Gasteiger partial charge in [-0.1, -0.05) is 47.2 Å². The van der Waals surface area contributed by atoms with Crippen molar-refractivity contribution in [2.45, 2.75) is 0 Å². The second-order valence-electron chi connectivity index (χ2n) is 4.33. The molecule has 0 unspecified atom stereocenters. The fourth-order valence-corrected chi connectivity index (χ4v) is 3.18. The third kappa shape index (κ3) is 3.20. The molecule has 0 spiro atoms. The Balaban J connectivity index is 1.83. The maximum absolute atomic E-state index is 11.6. The summed E-state index contributed by atoms with van der Waals surface area (Å²) in [5.41, 5.74) is 0.692. The van der Waals surface area contributed by atoms with Crippen molar-refractivity contribution in [2.24, 2.45) is 5.10 Å². The Hall–Kier alpha value is -1.34. The van der Waals surface area contributed by atoms with Gasteiger partial charge in [0.1, 0.15) is 11.5 Å². The monoisotopic (exact) mass is 370 g/mol. The Morgan fingerprint density at radius 3 is 2.86 bits per heavy atom. The smallest absolute Gasteiger partial charge is 0.259 e. The lowest BCUT2D eigenvalue weighted by Crippen LogP contribution is -2.22. The number of thiocarbonyl (C=S) groups is 1. The molecule has 22 heavy (non-hydrogen) atoms. The van der Waals surface area contributed by atoms with Gasteiger partial charge in [0.25, 0.3) is 5.91 Å². The first-order valence-corrected chi connectivity index (χ1v) is 8.28. The third-order valence-electron chi connectivity index (χ3n) is 2.85. The number of nitrogens with zero attached hydrogens (tertiary/aromatic N) is 2. The van der Waals surface area contributed by atoms with E-state index in [1.807, 2.05) is 0 Å². The number of carbonyl (C=O) groups is 1. The van der Waals surface area contributed by atoms with Crippen molar-refractivity contribution >= 4 is 63.6 Å². The van der Waals surface area contributed by atoms with Gasteiger partial charge < -0.3 is 4.42 Å². The van der Waals surface area contributed by atoms with Crippen LogP contribution in [-0.2, 0) is 4.79 Å². The van der Waals surface area contributed by atoms with Gasteiger partial charge in [0.05, 0.1) is 17.0 Å². The SMILES string of the molecule is O=C1CSC(=S)N1/N=C/c1ccc(-c2cc(Cl)ccc2Cl)o1. The van der Waals surface area contributed by atoms with Crippen molar-refractivity contribution in [2.75, 3.05) is 5.75 Å². The lowest BCUT2D eigenvalue weighted by atomic mass is 10.2. The van der Waals surface area contributed by atoms with Crippen molar-refractivity contribution < 1.29 is 9.21 Å². The molecule has 1 aliphatic rings. The Morgan fingerprint density at radius 1 is 1.32 bits per heavy atom. The van der Waals surface area contributed by atoms with Crippen LogP contribution in [0.25, 0.3) is 11.3 Å². The van der Waals surface area contributed by atoms with Crippen LogP contribution in [0.2, 0.25) is 10.0 Å². The highest BCUT2D eigenvalue weighted by Gasteiger charge is 2.26. The van der Waals surface area contributed by atoms with E-state index >= 15 is 0 Å². The van der Waals surface area contributed by atoms with E-state index in [9.17, 15) is 4.79 Å². The molecule has 0 saturated carbocycles. The summed E-state index contributed by atoms with van der Waals surface area (Å²) in [5.74, 6) is 1.23. The van der Waals surface area contributed by atoms with Crippen molar-refractivity contribution in [3.05, 3.63) is 46.1 Å². The first kappa shape index (κ1) is 15.6. The molecule has 8 heteroatoms. The van der Waals surface area contributed by atoms with E-state index in [2.05, 4.69) is 5.10 Å². The molecule has 2 aromatic rings. The largest absolute Gasteiger partial charge is 0.455 e. The Labute approximate surface area is 146 Å². The average molecular weight is 371 g/mol. The highest BCUT2D eigenvalue weighted by Crippen LogP contribution is 2.31. The molecule has 0 N–H and O–H groups in total. The molecule has 1 aliphatic heterocycles. The summed E-state index contributed by atoms with van der Waals surface area (Å²) < 4.78 is 6.09. The molecule has 0 bridgehead atoms. The standard InChI is InChI=1S/C14H8Cl2N2O2S2/c15-8-1-3-11(16)10(5-8)12-4-2-9(20-12)6-17-18-13(19)7-22-14(18)21/h1-6H,7H2/b17-6+. The summed E-state index contributed by atoms with van der Waals surface area (Å²) in [6.07, 6.45) is 1.44. The van der Waals surface area contributed by atoms with Gasteiger partial charge in [0.2, 0.25) is 0 Å². The topological polar surface area (TPSA) is 45.8 Å². The van der Waals surface area contributed by atoms with Gasteiger partial charge >= 0.3 is 0 Å². The summed E-state index contributed by atoms with van der Waals surface area (Å²) in [6.45, 7) is 0. The molecule has 1 aromatic heterocycles. The second kappa shape index (κ2) is 6.42. The minimum Gasteiger partial charge on any atom is -0.455 e. The van der Waals surface area contributed by atoms with Crippen LogP contribution in [0.15, 0.2) is 39.9 Å². The van der Waals surface area contributed by atoms with E-state index < -0.39 is 0 Å². The molecule has 0 radical (unpaired) electrons. The molecule has 3 rings (SSSR count). The predicted molar refractivity (Wildman–Crippen MR) is 93.7 cm³/mol. The molecule has 2 heterocycles. The van der Waals surface area contributed by atoms with Gasteiger partial charge in [-0.15, -0.1) is 0 Å². The zero-order valence-corrected chi connectivity index (χ0v) is 14.1. The van der Waals surface area contributed by atoms with Crippen LogP contribution in [-0.4, -0.2) is 27.2 Å². The maximum Gasteiger partial charge on any atom is 0.259 e. The van der Waals surface area contributed by atoms with Gasteiger partial charge in [-0.05, 0) is 30.3 Å². The average Bonchev–Trinajstić information content (AvgIpc) is 3.07. The summed E-state index contributed by atoms with van der Waals surface area (Å²) in [7, 11) is 0. The van der Waals surface area contributed by atoms with Crippen molar-refractivity contribution in [3.8, 4) is 11.3 Å². The number of benzene rings is 1. The van der Waals surface area contributed by atoms with Gasteiger partial charge in [0, 0.05) is 10.6 Å². The van der Waals surface area contributed by atoms with Crippen LogP contribution in [0.3, 0.4) is 0 Å². The van der Waals surface area contributed by atoms with Crippen LogP contribution in [0, 0.1) is 0 Å². The van der Waals surface area contributed by atoms with Crippen molar-refractivity contribution in [1.29, 1.82) is 0 Å². The van der Waals surface area contributed by atoms with Crippen molar-refractivity contribution in [1.82, 2.24) is 5.01 Å². The molecule has 1 fully saturated rings. The number of furan rings is 1. The molecule has 1 saturated heterocycles. The number of halogens is 2. The number of thioether (sulfide) groups is 1. The highest BCUT2D eigenvalue weighted by atomic mass is 35.5. The Bertz CT molecular complexity index is 773. The number of amides is 1. The number of hydrazone groups is 1. The molecular formula is C14H8Cl2N2O2S2. The number of hydrogen-bond acceptors (Lipinski definition) is 5. The molecular weight excluding hydrogens is 363 g/mol. The maximum atomic E-state index is 11.6. The molecule has 4 nitrogen and oxygen atoms in total. The minimum atomic E-state index is -0.143. The predicted octanol–water partition coefficient (Wildman–Crippen LogP) is 4.45. The summed E-state index contributed by atoms with van der Waals surface area (Å²) in [6, 6.07) is 8.62.